The molecule has 0 spiro atoms. The molecule has 1 aromatic carbocycles. The van der Waals surface area contributed by atoms with Gasteiger partial charge >= 0.3 is 0 Å². The fourth-order valence-corrected chi connectivity index (χ4v) is 2.84. The molecule has 0 radical (unpaired) electrons. The highest BCUT2D eigenvalue weighted by atomic mass is 19.1. The SMILES string of the molecule is CNCC(C)c1c(C)nc(-c2cc(C)cc(F)c2)nc1C. The average molecular weight is 287 g/mol. The second kappa shape index (κ2) is 6.31. The number of hydrogen-bond donors (Lipinski definition) is 1. The molecule has 2 rings (SSSR count). The highest BCUT2D eigenvalue weighted by molar-refractivity contribution is 5.57. The molecule has 0 amide bonds. The molecule has 112 valence electrons. The number of nitrogens with one attached hydrogen (secondary N) is 1. The fourth-order valence-electron chi connectivity index (χ4n) is 2.84. The van der Waals surface area contributed by atoms with Crippen LogP contribution in [0, 0.1) is 26.6 Å². The summed E-state index contributed by atoms with van der Waals surface area (Å²) in [6.45, 7) is 8.89. The molecule has 1 aromatic heterocycles. The maximum Gasteiger partial charge on any atom is 0.159 e. The van der Waals surface area contributed by atoms with Gasteiger partial charge < -0.3 is 5.32 Å². The zero-order valence-corrected chi connectivity index (χ0v) is 13.3. The van der Waals surface area contributed by atoms with Crippen molar-refractivity contribution in [1.29, 1.82) is 0 Å². The van der Waals surface area contributed by atoms with Crippen LogP contribution in [0.1, 0.15) is 35.4 Å². The highest BCUT2D eigenvalue weighted by Gasteiger charge is 2.15. The third kappa shape index (κ3) is 3.45. The van der Waals surface area contributed by atoms with Gasteiger partial charge in [-0.05, 0) is 63.1 Å². The predicted molar refractivity (Wildman–Crippen MR) is 84.0 cm³/mol. The molecule has 0 saturated carbocycles. The van der Waals surface area contributed by atoms with E-state index in [0.29, 0.717) is 11.7 Å². The molecule has 0 bridgehead atoms. The van der Waals surface area contributed by atoms with Crippen LogP contribution < -0.4 is 5.32 Å². The summed E-state index contributed by atoms with van der Waals surface area (Å²) in [5.41, 5.74) is 4.69. The molecule has 0 aliphatic carbocycles. The molecular weight excluding hydrogens is 265 g/mol. The maximum absolute atomic E-state index is 13.6. The summed E-state index contributed by atoms with van der Waals surface area (Å²) in [4.78, 5) is 9.17. The van der Waals surface area contributed by atoms with Crippen molar-refractivity contribution in [1.82, 2.24) is 15.3 Å². The first-order chi connectivity index (χ1) is 9.92. The summed E-state index contributed by atoms with van der Waals surface area (Å²) in [7, 11) is 1.94. The first kappa shape index (κ1) is 15.6. The largest absolute Gasteiger partial charge is 0.319 e. The minimum atomic E-state index is -0.253. The Morgan fingerprint density at radius 3 is 2.24 bits per heavy atom. The Balaban J connectivity index is 2.48. The van der Waals surface area contributed by atoms with E-state index in [-0.39, 0.29) is 5.82 Å². The van der Waals surface area contributed by atoms with Crippen LogP contribution in [-0.2, 0) is 0 Å². The van der Waals surface area contributed by atoms with Crippen LogP contribution in [0.5, 0.6) is 0 Å². The topological polar surface area (TPSA) is 37.8 Å². The quantitative estimate of drug-likeness (QED) is 0.934. The number of hydrogen-bond acceptors (Lipinski definition) is 3. The van der Waals surface area contributed by atoms with Crippen LogP contribution in [-0.4, -0.2) is 23.6 Å². The van der Waals surface area contributed by atoms with Gasteiger partial charge in [0.1, 0.15) is 5.82 Å². The molecule has 0 saturated heterocycles. The van der Waals surface area contributed by atoms with E-state index in [0.717, 1.165) is 29.1 Å². The van der Waals surface area contributed by atoms with Gasteiger partial charge in [0.15, 0.2) is 5.82 Å². The molecule has 1 N–H and O–H groups in total. The summed E-state index contributed by atoms with van der Waals surface area (Å²) in [5, 5.41) is 3.18. The molecule has 0 aliphatic rings. The minimum Gasteiger partial charge on any atom is -0.319 e. The standard InChI is InChI=1S/C17H22FN3/c1-10-6-14(8-15(18)7-10)17-20-12(3)16(13(4)21-17)11(2)9-19-5/h6-8,11,19H,9H2,1-5H3. The van der Waals surface area contributed by atoms with E-state index in [2.05, 4.69) is 22.2 Å². The first-order valence-electron chi connectivity index (χ1n) is 7.19. The Hall–Kier alpha value is -1.81. The van der Waals surface area contributed by atoms with Crippen molar-refractivity contribution < 1.29 is 4.39 Å². The number of aryl methyl sites for hydroxylation is 3. The molecular formula is C17H22FN3. The summed E-state index contributed by atoms with van der Waals surface area (Å²) in [5.74, 6) is 0.683. The van der Waals surface area contributed by atoms with Crippen molar-refractivity contribution in [2.24, 2.45) is 0 Å². The minimum absolute atomic E-state index is 0.253. The maximum atomic E-state index is 13.6. The molecule has 1 atom stereocenters. The lowest BCUT2D eigenvalue weighted by Crippen LogP contribution is -2.17. The Morgan fingerprint density at radius 1 is 1.10 bits per heavy atom. The number of likely N-dealkylation sites (N-methyl/N-ethyl adjacent to an activating group) is 1. The van der Waals surface area contributed by atoms with Gasteiger partial charge in [0.2, 0.25) is 0 Å². The van der Waals surface area contributed by atoms with Crippen LogP contribution in [0.25, 0.3) is 11.4 Å². The van der Waals surface area contributed by atoms with Gasteiger partial charge in [-0.2, -0.15) is 0 Å². The lowest BCUT2D eigenvalue weighted by atomic mass is 9.97. The van der Waals surface area contributed by atoms with E-state index in [1.54, 1.807) is 0 Å². The van der Waals surface area contributed by atoms with Crippen LogP contribution in [0.3, 0.4) is 0 Å². The van der Waals surface area contributed by atoms with Gasteiger partial charge in [0, 0.05) is 23.5 Å². The normalized spacial score (nSPS) is 12.5. The van der Waals surface area contributed by atoms with Gasteiger partial charge in [-0.25, -0.2) is 14.4 Å². The third-order valence-corrected chi connectivity index (χ3v) is 3.63. The Bertz CT molecular complexity index is 609. The Morgan fingerprint density at radius 2 is 1.71 bits per heavy atom. The van der Waals surface area contributed by atoms with E-state index in [1.807, 2.05) is 33.9 Å². The smallest absolute Gasteiger partial charge is 0.159 e. The summed E-state index contributed by atoms with van der Waals surface area (Å²) >= 11 is 0. The van der Waals surface area contributed by atoms with Crippen molar-refractivity contribution in [2.45, 2.75) is 33.6 Å². The zero-order valence-electron chi connectivity index (χ0n) is 13.3. The van der Waals surface area contributed by atoms with E-state index >= 15 is 0 Å². The fraction of sp³-hybridized carbons (Fsp3) is 0.412. The summed E-state index contributed by atoms with van der Waals surface area (Å²) in [6.07, 6.45) is 0. The van der Waals surface area contributed by atoms with E-state index in [9.17, 15) is 4.39 Å². The van der Waals surface area contributed by atoms with Gasteiger partial charge in [-0.3, -0.25) is 0 Å². The van der Waals surface area contributed by atoms with Crippen molar-refractivity contribution in [3.63, 3.8) is 0 Å². The average Bonchev–Trinajstić information content (AvgIpc) is 2.36. The summed E-state index contributed by atoms with van der Waals surface area (Å²) in [6, 6.07) is 4.90. The molecule has 4 heteroatoms. The number of aromatic nitrogens is 2. The van der Waals surface area contributed by atoms with Gasteiger partial charge in [-0.1, -0.05) is 6.92 Å². The molecule has 1 heterocycles. The van der Waals surface area contributed by atoms with Crippen LogP contribution >= 0.6 is 0 Å². The van der Waals surface area contributed by atoms with Gasteiger partial charge in [0.25, 0.3) is 0 Å². The van der Waals surface area contributed by atoms with Crippen LogP contribution in [0.4, 0.5) is 4.39 Å². The molecule has 21 heavy (non-hydrogen) atoms. The Labute approximate surface area is 125 Å². The van der Waals surface area contributed by atoms with Gasteiger partial charge in [-0.15, -0.1) is 0 Å². The lowest BCUT2D eigenvalue weighted by Gasteiger charge is -2.17. The lowest BCUT2D eigenvalue weighted by molar-refractivity contribution is 0.627. The zero-order chi connectivity index (χ0) is 15.6. The number of rotatable bonds is 4. The predicted octanol–water partition coefficient (Wildman–Crippen LogP) is 3.53. The molecule has 0 fully saturated rings. The number of benzene rings is 1. The van der Waals surface area contributed by atoms with E-state index < -0.39 is 0 Å². The molecule has 0 aliphatic heterocycles. The van der Waals surface area contributed by atoms with Crippen molar-refractivity contribution in [3.8, 4) is 11.4 Å². The molecule has 1 unspecified atom stereocenters. The first-order valence-corrected chi connectivity index (χ1v) is 7.19. The highest BCUT2D eigenvalue weighted by Crippen LogP contribution is 2.25. The Kier molecular flexibility index (Phi) is 4.68. The number of halogens is 1. The monoisotopic (exact) mass is 287 g/mol. The molecule has 3 nitrogen and oxygen atoms in total. The summed E-state index contributed by atoms with van der Waals surface area (Å²) < 4.78 is 13.6. The van der Waals surface area contributed by atoms with Crippen molar-refractivity contribution in [3.05, 3.63) is 46.5 Å². The van der Waals surface area contributed by atoms with E-state index in [1.165, 1.54) is 17.7 Å². The van der Waals surface area contributed by atoms with Crippen molar-refractivity contribution in [2.75, 3.05) is 13.6 Å². The van der Waals surface area contributed by atoms with Crippen LogP contribution in [0.2, 0.25) is 0 Å². The third-order valence-electron chi connectivity index (χ3n) is 3.63. The number of nitrogens with zero attached hydrogens (tertiary/aromatic N) is 2. The second-order valence-electron chi connectivity index (χ2n) is 5.61. The van der Waals surface area contributed by atoms with Crippen molar-refractivity contribution >= 4 is 0 Å². The van der Waals surface area contributed by atoms with Crippen LogP contribution in [0.15, 0.2) is 18.2 Å². The van der Waals surface area contributed by atoms with Gasteiger partial charge in [0.05, 0.1) is 0 Å². The van der Waals surface area contributed by atoms with E-state index in [4.69, 9.17) is 0 Å². The molecule has 2 aromatic rings. The second-order valence-corrected chi connectivity index (χ2v) is 5.61.